The van der Waals surface area contributed by atoms with E-state index in [1.165, 1.54) is 11.3 Å². The van der Waals surface area contributed by atoms with Crippen LogP contribution in [0.1, 0.15) is 10.4 Å². The van der Waals surface area contributed by atoms with E-state index in [1.54, 1.807) is 10.9 Å². The minimum absolute atomic E-state index is 0.0120. The molecule has 21 heavy (non-hydrogen) atoms. The maximum absolute atomic E-state index is 12.5. The van der Waals surface area contributed by atoms with Gasteiger partial charge in [0.05, 0.1) is 18.3 Å². The molecule has 2 aromatic heterocycles. The predicted molar refractivity (Wildman–Crippen MR) is 80.3 cm³/mol. The van der Waals surface area contributed by atoms with Gasteiger partial charge in [-0.1, -0.05) is 6.07 Å². The van der Waals surface area contributed by atoms with Crippen LogP contribution < -0.4 is 15.0 Å². The zero-order valence-electron chi connectivity index (χ0n) is 11.3. The molecule has 1 aromatic carbocycles. The summed E-state index contributed by atoms with van der Waals surface area (Å²) in [6.07, 6.45) is 1.60. The number of aromatic nitrogens is 2. The van der Waals surface area contributed by atoms with Gasteiger partial charge in [0.25, 0.3) is 5.56 Å². The minimum Gasteiger partial charge on any atom is -0.454 e. The van der Waals surface area contributed by atoms with E-state index in [9.17, 15) is 4.79 Å². The van der Waals surface area contributed by atoms with Gasteiger partial charge in [-0.05, 0) is 30.7 Å². The number of hydrogen-bond acceptors (Lipinski definition) is 5. The van der Waals surface area contributed by atoms with Gasteiger partial charge in [-0.2, -0.15) is 0 Å². The molecule has 3 aromatic rings. The summed E-state index contributed by atoms with van der Waals surface area (Å²) >= 11 is 1.54. The lowest BCUT2D eigenvalue weighted by Gasteiger charge is -2.06. The van der Waals surface area contributed by atoms with Gasteiger partial charge in [-0.15, -0.1) is 11.3 Å². The van der Waals surface area contributed by atoms with Crippen LogP contribution in [0.15, 0.2) is 35.4 Å². The van der Waals surface area contributed by atoms with Crippen molar-refractivity contribution in [2.24, 2.45) is 0 Å². The van der Waals surface area contributed by atoms with E-state index in [0.717, 1.165) is 26.8 Å². The Bertz CT molecular complexity index is 898. The van der Waals surface area contributed by atoms with Crippen molar-refractivity contribution in [3.63, 3.8) is 0 Å². The smallest absolute Gasteiger partial charge is 0.262 e. The van der Waals surface area contributed by atoms with Gasteiger partial charge in [0, 0.05) is 4.88 Å². The van der Waals surface area contributed by atoms with Gasteiger partial charge in [0.15, 0.2) is 11.5 Å². The predicted octanol–water partition coefficient (Wildman–Crippen LogP) is 2.54. The van der Waals surface area contributed by atoms with Crippen molar-refractivity contribution in [1.82, 2.24) is 9.55 Å². The molecule has 0 radical (unpaired) electrons. The second kappa shape index (κ2) is 4.60. The molecule has 4 rings (SSSR count). The summed E-state index contributed by atoms with van der Waals surface area (Å²) in [5, 5.41) is 0.681. The van der Waals surface area contributed by atoms with Crippen molar-refractivity contribution in [1.29, 1.82) is 0 Å². The first kappa shape index (κ1) is 12.4. The first-order chi connectivity index (χ1) is 10.2. The highest BCUT2D eigenvalue weighted by atomic mass is 32.1. The maximum Gasteiger partial charge on any atom is 0.262 e. The van der Waals surface area contributed by atoms with Crippen molar-refractivity contribution >= 4 is 21.6 Å². The Labute approximate surface area is 124 Å². The molecule has 0 N–H and O–H groups in total. The van der Waals surface area contributed by atoms with Crippen LogP contribution >= 0.6 is 11.3 Å². The first-order valence-electron chi connectivity index (χ1n) is 6.55. The molecule has 6 heteroatoms. The Kier molecular flexibility index (Phi) is 2.71. The Morgan fingerprint density at radius 3 is 3.05 bits per heavy atom. The molecule has 0 bridgehead atoms. The van der Waals surface area contributed by atoms with Gasteiger partial charge < -0.3 is 9.47 Å². The van der Waals surface area contributed by atoms with Crippen LogP contribution in [0, 0.1) is 6.92 Å². The summed E-state index contributed by atoms with van der Waals surface area (Å²) in [4.78, 5) is 18.7. The number of aryl methyl sites for hydroxylation is 1. The standard InChI is InChI=1S/C15H12N2O3S/c1-9-4-11-14(21-9)16-7-17(15(11)18)6-10-2-3-12-13(5-10)20-8-19-12/h2-5,7H,6,8H2,1H3. The molecule has 0 fully saturated rings. The summed E-state index contributed by atoms with van der Waals surface area (Å²) in [5.74, 6) is 1.47. The van der Waals surface area contributed by atoms with Crippen LogP contribution in [-0.4, -0.2) is 16.3 Å². The van der Waals surface area contributed by atoms with Gasteiger partial charge in [-0.25, -0.2) is 4.98 Å². The maximum atomic E-state index is 12.5. The largest absolute Gasteiger partial charge is 0.454 e. The van der Waals surface area contributed by atoms with Crippen LogP contribution in [0.3, 0.4) is 0 Å². The fourth-order valence-corrected chi connectivity index (χ4v) is 3.27. The van der Waals surface area contributed by atoms with E-state index in [4.69, 9.17) is 9.47 Å². The van der Waals surface area contributed by atoms with Crippen LogP contribution in [-0.2, 0) is 6.54 Å². The highest BCUT2D eigenvalue weighted by Crippen LogP contribution is 2.32. The molecule has 1 aliphatic rings. The Hall–Kier alpha value is -2.34. The van der Waals surface area contributed by atoms with E-state index in [1.807, 2.05) is 31.2 Å². The zero-order valence-corrected chi connectivity index (χ0v) is 12.1. The van der Waals surface area contributed by atoms with Crippen LogP contribution in [0.2, 0.25) is 0 Å². The molecule has 0 atom stereocenters. The summed E-state index contributed by atoms with van der Waals surface area (Å²) in [7, 11) is 0. The van der Waals surface area contributed by atoms with Crippen molar-refractivity contribution in [3.8, 4) is 11.5 Å². The van der Waals surface area contributed by atoms with E-state index >= 15 is 0 Å². The monoisotopic (exact) mass is 300 g/mol. The topological polar surface area (TPSA) is 53.4 Å². The first-order valence-corrected chi connectivity index (χ1v) is 7.36. The number of benzene rings is 1. The number of thiophene rings is 1. The lowest BCUT2D eigenvalue weighted by Crippen LogP contribution is -2.20. The van der Waals surface area contributed by atoms with Crippen LogP contribution in [0.4, 0.5) is 0 Å². The van der Waals surface area contributed by atoms with Gasteiger partial charge in [0.2, 0.25) is 6.79 Å². The third-order valence-electron chi connectivity index (χ3n) is 3.43. The van der Waals surface area contributed by atoms with Crippen molar-refractivity contribution in [2.45, 2.75) is 13.5 Å². The van der Waals surface area contributed by atoms with Gasteiger partial charge >= 0.3 is 0 Å². The van der Waals surface area contributed by atoms with Crippen LogP contribution in [0.5, 0.6) is 11.5 Å². The average Bonchev–Trinajstić information content (AvgIpc) is 3.07. The molecule has 0 spiro atoms. The molecule has 3 heterocycles. The third kappa shape index (κ3) is 2.08. The summed E-state index contributed by atoms with van der Waals surface area (Å²) in [6.45, 7) is 2.70. The number of nitrogens with zero attached hydrogens (tertiary/aromatic N) is 2. The third-order valence-corrected chi connectivity index (χ3v) is 4.39. The second-order valence-electron chi connectivity index (χ2n) is 4.94. The molecule has 0 saturated carbocycles. The summed E-state index contributed by atoms with van der Waals surface area (Å²) in [6, 6.07) is 7.59. The molecule has 0 unspecified atom stereocenters. The summed E-state index contributed by atoms with van der Waals surface area (Å²) < 4.78 is 12.3. The Morgan fingerprint density at radius 1 is 1.29 bits per heavy atom. The minimum atomic E-state index is -0.0120. The normalized spacial score (nSPS) is 13.0. The Morgan fingerprint density at radius 2 is 2.14 bits per heavy atom. The fraction of sp³-hybridized carbons (Fsp3) is 0.200. The van der Waals surface area contributed by atoms with Crippen molar-refractivity contribution < 1.29 is 9.47 Å². The SMILES string of the molecule is Cc1cc2c(=O)n(Cc3ccc4c(c3)OCO4)cnc2s1. The van der Waals surface area contributed by atoms with E-state index in [-0.39, 0.29) is 12.4 Å². The number of ether oxygens (including phenoxy) is 2. The lowest BCUT2D eigenvalue weighted by molar-refractivity contribution is 0.174. The Balaban J connectivity index is 1.74. The van der Waals surface area contributed by atoms with E-state index in [0.29, 0.717) is 11.9 Å². The van der Waals surface area contributed by atoms with Crippen molar-refractivity contribution in [2.75, 3.05) is 6.79 Å². The van der Waals surface area contributed by atoms with Crippen molar-refractivity contribution in [3.05, 3.63) is 51.4 Å². The quantitative estimate of drug-likeness (QED) is 0.730. The second-order valence-corrected chi connectivity index (χ2v) is 6.18. The number of hydrogen-bond donors (Lipinski definition) is 0. The summed E-state index contributed by atoms with van der Waals surface area (Å²) in [5.41, 5.74) is 0.969. The lowest BCUT2D eigenvalue weighted by atomic mass is 10.2. The molecule has 1 aliphatic heterocycles. The fourth-order valence-electron chi connectivity index (χ4n) is 2.43. The highest BCUT2D eigenvalue weighted by molar-refractivity contribution is 7.18. The molecule has 106 valence electrons. The number of rotatable bonds is 2. The van der Waals surface area contributed by atoms with Gasteiger partial charge in [0.1, 0.15) is 4.83 Å². The molecule has 0 amide bonds. The average molecular weight is 300 g/mol. The van der Waals surface area contributed by atoms with Gasteiger partial charge in [-0.3, -0.25) is 9.36 Å². The molecule has 0 saturated heterocycles. The van der Waals surface area contributed by atoms with E-state index in [2.05, 4.69) is 4.98 Å². The van der Waals surface area contributed by atoms with Crippen LogP contribution in [0.25, 0.3) is 10.2 Å². The molecular formula is C15H12N2O3S. The molecular weight excluding hydrogens is 288 g/mol. The number of fused-ring (bicyclic) bond motifs is 2. The molecule has 0 aliphatic carbocycles. The molecule has 5 nitrogen and oxygen atoms in total. The van der Waals surface area contributed by atoms with E-state index < -0.39 is 0 Å². The highest BCUT2D eigenvalue weighted by Gasteiger charge is 2.14. The zero-order chi connectivity index (χ0) is 14.4.